The van der Waals surface area contributed by atoms with Crippen LogP contribution in [0.1, 0.15) is 17.4 Å². The van der Waals surface area contributed by atoms with Gasteiger partial charge in [0.25, 0.3) is 0 Å². The van der Waals surface area contributed by atoms with Crippen LogP contribution in [-0.4, -0.2) is 51.1 Å². The van der Waals surface area contributed by atoms with Crippen LogP contribution >= 0.6 is 11.6 Å². The van der Waals surface area contributed by atoms with Crippen molar-refractivity contribution in [2.75, 3.05) is 20.1 Å². The minimum atomic E-state index is -0.00376. The Balaban J connectivity index is 1.32. The van der Waals surface area contributed by atoms with Crippen molar-refractivity contribution in [3.05, 3.63) is 77.5 Å². The van der Waals surface area contributed by atoms with E-state index in [9.17, 15) is 0 Å². The Morgan fingerprint density at radius 1 is 1.23 bits per heavy atom. The first-order valence-corrected chi connectivity index (χ1v) is 10.2. The number of nitrogens with one attached hydrogen (secondary N) is 3. The molecular formula is C21H23ClN8O. The Kier molecular flexibility index (Phi) is 6.63. The lowest BCUT2D eigenvalue weighted by atomic mass is 10.1. The molecule has 9 nitrogen and oxygen atoms in total. The van der Waals surface area contributed by atoms with E-state index in [0.29, 0.717) is 42.1 Å². The monoisotopic (exact) mass is 438 g/mol. The molecule has 0 aliphatic rings. The molecule has 31 heavy (non-hydrogen) atoms. The predicted octanol–water partition coefficient (Wildman–Crippen LogP) is 2.91. The number of rotatable bonds is 8. The van der Waals surface area contributed by atoms with Crippen molar-refractivity contribution in [3.8, 4) is 11.6 Å². The highest BCUT2D eigenvalue weighted by Gasteiger charge is 2.15. The highest BCUT2D eigenvalue weighted by Crippen LogP contribution is 2.19. The summed E-state index contributed by atoms with van der Waals surface area (Å²) in [6.45, 7) is 1.24. The molecule has 3 heterocycles. The van der Waals surface area contributed by atoms with Crippen molar-refractivity contribution >= 4 is 17.6 Å². The summed E-state index contributed by atoms with van der Waals surface area (Å²) in [5.41, 5.74) is 1.10. The molecule has 4 aromatic rings. The van der Waals surface area contributed by atoms with E-state index in [2.05, 4.69) is 35.9 Å². The minimum absolute atomic E-state index is 0.00376. The number of benzene rings is 1. The molecule has 0 saturated carbocycles. The van der Waals surface area contributed by atoms with Crippen LogP contribution < -0.4 is 10.6 Å². The molecule has 10 heteroatoms. The van der Waals surface area contributed by atoms with Gasteiger partial charge in [-0.15, -0.1) is 0 Å². The van der Waals surface area contributed by atoms with E-state index >= 15 is 0 Å². The number of H-pyrrole nitrogens is 1. The van der Waals surface area contributed by atoms with Gasteiger partial charge in [-0.3, -0.25) is 14.8 Å². The Bertz CT molecular complexity index is 1090. The molecule has 0 amide bonds. The third-order valence-corrected chi connectivity index (χ3v) is 4.96. The van der Waals surface area contributed by atoms with Crippen molar-refractivity contribution in [3.63, 3.8) is 0 Å². The zero-order valence-electron chi connectivity index (χ0n) is 17.0. The fraction of sp³-hybridized carbons (Fsp3) is 0.238. The van der Waals surface area contributed by atoms with Gasteiger partial charge >= 0.3 is 0 Å². The van der Waals surface area contributed by atoms with Crippen molar-refractivity contribution in [1.82, 2.24) is 35.6 Å². The van der Waals surface area contributed by atoms with Gasteiger partial charge < -0.3 is 15.1 Å². The van der Waals surface area contributed by atoms with Crippen LogP contribution in [0.25, 0.3) is 11.6 Å². The molecule has 0 fully saturated rings. The van der Waals surface area contributed by atoms with E-state index in [1.165, 1.54) is 0 Å². The Morgan fingerprint density at radius 2 is 2.10 bits per heavy atom. The number of aromatic nitrogens is 5. The molecule has 0 radical (unpaired) electrons. The summed E-state index contributed by atoms with van der Waals surface area (Å²) in [6.07, 6.45) is 5.97. The normalized spacial score (nSPS) is 12.6. The van der Waals surface area contributed by atoms with E-state index < -0.39 is 0 Å². The maximum Gasteiger partial charge on any atom is 0.216 e. The number of hydrogen-bond donors (Lipinski definition) is 3. The average Bonchev–Trinajstić information content (AvgIpc) is 3.56. The Hall–Kier alpha value is -3.59. The third-order valence-electron chi connectivity index (χ3n) is 4.71. The molecule has 3 aromatic heterocycles. The van der Waals surface area contributed by atoms with E-state index in [0.717, 1.165) is 11.4 Å². The van der Waals surface area contributed by atoms with Crippen molar-refractivity contribution in [2.45, 2.75) is 12.5 Å². The van der Waals surface area contributed by atoms with E-state index in [4.69, 9.17) is 16.0 Å². The molecule has 0 saturated heterocycles. The number of nitrogens with zero attached hydrogens (tertiary/aromatic N) is 5. The summed E-state index contributed by atoms with van der Waals surface area (Å²) in [7, 11) is 1.74. The van der Waals surface area contributed by atoms with Gasteiger partial charge in [0, 0.05) is 44.0 Å². The van der Waals surface area contributed by atoms with E-state index in [1.54, 1.807) is 19.5 Å². The smallest absolute Gasteiger partial charge is 0.216 e. The number of aromatic amines is 1. The quantitative estimate of drug-likeness (QED) is 0.288. The van der Waals surface area contributed by atoms with Gasteiger partial charge in [0.2, 0.25) is 5.82 Å². The first-order valence-electron chi connectivity index (χ1n) is 9.87. The van der Waals surface area contributed by atoms with Crippen LogP contribution in [0.2, 0.25) is 5.02 Å². The van der Waals surface area contributed by atoms with Gasteiger partial charge in [0.15, 0.2) is 11.7 Å². The highest BCUT2D eigenvalue weighted by atomic mass is 35.5. The predicted molar refractivity (Wildman–Crippen MR) is 119 cm³/mol. The number of aliphatic imine (C=N–C) groups is 1. The van der Waals surface area contributed by atoms with Gasteiger partial charge in [-0.25, -0.2) is 4.98 Å². The third kappa shape index (κ3) is 5.32. The molecule has 0 aliphatic heterocycles. The van der Waals surface area contributed by atoms with Crippen LogP contribution in [0.15, 0.2) is 70.5 Å². The zero-order chi connectivity index (χ0) is 21.5. The highest BCUT2D eigenvalue weighted by molar-refractivity contribution is 6.30. The van der Waals surface area contributed by atoms with Crippen molar-refractivity contribution in [2.24, 2.45) is 4.99 Å². The standard InChI is InChI=1S/C21H23ClN8O/c1-23-21(24-11-9-19-27-20(29-28-19)18-4-2-13-31-18)25-14-17(30-12-3-10-26-30)15-5-7-16(22)8-6-15/h2-8,10,12-13,17H,9,11,14H2,1H3,(H2,23,24,25)(H,27,28,29). The number of guanidine groups is 1. The van der Waals surface area contributed by atoms with Gasteiger partial charge in [0.05, 0.1) is 12.3 Å². The lowest BCUT2D eigenvalue weighted by Gasteiger charge is -2.20. The summed E-state index contributed by atoms with van der Waals surface area (Å²) in [5.74, 6) is 2.65. The lowest BCUT2D eigenvalue weighted by Crippen LogP contribution is -2.41. The molecule has 3 N–H and O–H groups in total. The second kappa shape index (κ2) is 9.94. The summed E-state index contributed by atoms with van der Waals surface area (Å²) in [4.78, 5) is 8.76. The van der Waals surface area contributed by atoms with Gasteiger partial charge in [0.1, 0.15) is 5.82 Å². The Labute approximate surface area is 184 Å². The number of halogens is 1. The summed E-state index contributed by atoms with van der Waals surface area (Å²) < 4.78 is 7.23. The topological polar surface area (TPSA) is 109 Å². The van der Waals surface area contributed by atoms with E-state index in [1.807, 2.05) is 53.3 Å². The van der Waals surface area contributed by atoms with Crippen LogP contribution in [0, 0.1) is 0 Å². The van der Waals surface area contributed by atoms with E-state index in [-0.39, 0.29) is 6.04 Å². The van der Waals surface area contributed by atoms with Crippen LogP contribution in [0.4, 0.5) is 0 Å². The largest absolute Gasteiger partial charge is 0.461 e. The second-order valence-electron chi connectivity index (χ2n) is 6.77. The zero-order valence-corrected chi connectivity index (χ0v) is 17.8. The van der Waals surface area contributed by atoms with Crippen molar-refractivity contribution < 1.29 is 4.42 Å². The van der Waals surface area contributed by atoms with Crippen LogP contribution in [0.5, 0.6) is 0 Å². The molecule has 4 rings (SSSR count). The SMILES string of the molecule is CN=C(NCCc1nc(-c2ccco2)n[nH]1)NCC(c1ccc(Cl)cc1)n1cccn1. The van der Waals surface area contributed by atoms with Gasteiger partial charge in [-0.2, -0.15) is 10.2 Å². The molecule has 160 valence electrons. The fourth-order valence-corrected chi connectivity index (χ4v) is 3.28. The summed E-state index contributed by atoms with van der Waals surface area (Å²) in [6, 6.07) is 13.3. The first-order chi connectivity index (χ1) is 15.2. The Morgan fingerprint density at radius 3 is 2.81 bits per heavy atom. The molecular weight excluding hydrogens is 416 g/mol. The number of furan rings is 1. The molecule has 0 bridgehead atoms. The average molecular weight is 439 g/mol. The molecule has 0 aliphatic carbocycles. The lowest BCUT2D eigenvalue weighted by molar-refractivity contribution is 0.510. The summed E-state index contributed by atoms with van der Waals surface area (Å²) >= 11 is 6.04. The van der Waals surface area contributed by atoms with Crippen molar-refractivity contribution in [1.29, 1.82) is 0 Å². The minimum Gasteiger partial charge on any atom is -0.461 e. The first kappa shape index (κ1) is 20.7. The van der Waals surface area contributed by atoms with Crippen LogP contribution in [-0.2, 0) is 6.42 Å². The maximum atomic E-state index is 6.04. The van der Waals surface area contributed by atoms with Gasteiger partial charge in [-0.05, 0) is 35.9 Å². The van der Waals surface area contributed by atoms with Crippen LogP contribution in [0.3, 0.4) is 0 Å². The number of hydrogen-bond acceptors (Lipinski definition) is 5. The maximum absolute atomic E-state index is 6.04. The van der Waals surface area contributed by atoms with Gasteiger partial charge in [-0.1, -0.05) is 23.7 Å². The molecule has 0 spiro atoms. The fourth-order valence-electron chi connectivity index (χ4n) is 3.15. The molecule has 1 atom stereocenters. The summed E-state index contributed by atoms with van der Waals surface area (Å²) in [5, 5.41) is 18.9. The molecule has 1 aromatic carbocycles. The molecule has 1 unspecified atom stereocenters. The second-order valence-corrected chi connectivity index (χ2v) is 7.20.